The molecule has 0 fully saturated rings. The maximum Gasteiger partial charge on any atom is 0.122 e. The molecule has 0 saturated carbocycles. The Hall–Kier alpha value is -1.18. The molecule has 0 atom stereocenters. The van der Waals surface area contributed by atoms with Crippen LogP contribution in [0.5, 0.6) is 11.5 Å². The Balaban J connectivity index is 3.31. The minimum atomic E-state index is 0.444. The van der Waals surface area contributed by atoms with E-state index in [9.17, 15) is 0 Å². The van der Waals surface area contributed by atoms with E-state index in [0.717, 1.165) is 11.5 Å². The van der Waals surface area contributed by atoms with Crippen LogP contribution in [0.3, 0.4) is 0 Å². The third-order valence-electron chi connectivity index (χ3n) is 2.44. The first-order chi connectivity index (χ1) is 6.61. The summed E-state index contributed by atoms with van der Waals surface area (Å²) >= 11 is 0. The number of methoxy groups -OCH3 is 2. The zero-order valence-corrected chi connectivity index (χ0v) is 9.55. The highest BCUT2D eigenvalue weighted by atomic mass is 16.5. The lowest BCUT2D eigenvalue weighted by atomic mass is 9.96. The molecule has 0 heterocycles. The predicted molar refractivity (Wildman–Crippen MR) is 58.4 cm³/mol. The summed E-state index contributed by atoms with van der Waals surface area (Å²) in [6, 6.07) is 3.90. The highest BCUT2D eigenvalue weighted by Gasteiger charge is 2.13. The van der Waals surface area contributed by atoms with Crippen LogP contribution in [0.1, 0.15) is 30.9 Å². The Labute approximate surface area is 85.8 Å². The fourth-order valence-corrected chi connectivity index (χ4v) is 1.80. The van der Waals surface area contributed by atoms with E-state index in [-0.39, 0.29) is 0 Å². The predicted octanol–water partition coefficient (Wildman–Crippen LogP) is 3.14. The van der Waals surface area contributed by atoms with Crippen LogP contribution in [0, 0.1) is 6.92 Å². The van der Waals surface area contributed by atoms with Gasteiger partial charge in [-0.1, -0.05) is 13.8 Å². The molecular weight excluding hydrogens is 176 g/mol. The Morgan fingerprint density at radius 2 is 1.50 bits per heavy atom. The molecule has 0 saturated heterocycles. The fourth-order valence-electron chi connectivity index (χ4n) is 1.80. The average Bonchev–Trinajstić information content (AvgIpc) is 2.16. The van der Waals surface area contributed by atoms with Gasteiger partial charge in [0.25, 0.3) is 0 Å². The van der Waals surface area contributed by atoms with E-state index in [1.165, 1.54) is 11.1 Å². The molecule has 0 aliphatic rings. The van der Waals surface area contributed by atoms with Crippen molar-refractivity contribution < 1.29 is 9.47 Å². The number of rotatable bonds is 3. The number of benzene rings is 1. The Morgan fingerprint density at radius 1 is 1.00 bits per heavy atom. The molecule has 78 valence electrons. The number of ether oxygens (including phenoxy) is 2. The molecule has 2 heteroatoms. The molecule has 0 spiro atoms. The summed E-state index contributed by atoms with van der Waals surface area (Å²) in [7, 11) is 3.39. The molecule has 2 nitrogen and oxygen atoms in total. The van der Waals surface area contributed by atoms with Crippen molar-refractivity contribution in [1.82, 2.24) is 0 Å². The largest absolute Gasteiger partial charge is 0.496 e. The highest BCUT2D eigenvalue weighted by molar-refractivity contribution is 5.49. The van der Waals surface area contributed by atoms with E-state index in [0.29, 0.717) is 5.92 Å². The Bertz CT molecular complexity index is 316. The zero-order chi connectivity index (χ0) is 10.7. The fraction of sp³-hybridized carbons (Fsp3) is 0.500. The second kappa shape index (κ2) is 4.36. The average molecular weight is 194 g/mol. The summed E-state index contributed by atoms with van der Waals surface area (Å²) in [6.45, 7) is 6.38. The van der Waals surface area contributed by atoms with Gasteiger partial charge in [0.05, 0.1) is 14.2 Å². The standard InChI is InChI=1S/C12H18O2/c1-8(2)12-9(3)10(13-4)6-7-11(12)14-5/h6-8H,1-5H3. The molecule has 0 unspecified atom stereocenters. The molecule has 1 aromatic carbocycles. The molecule has 0 aromatic heterocycles. The van der Waals surface area contributed by atoms with Crippen LogP contribution in [-0.4, -0.2) is 14.2 Å². The lowest BCUT2D eigenvalue weighted by Gasteiger charge is -2.17. The third kappa shape index (κ3) is 1.84. The first-order valence-corrected chi connectivity index (χ1v) is 4.83. The number of hydrogen-bond acceptors (Lipinski definition) is 2. The van der Waals surface area contributed by atoms with E-state index in [4.69, 9.17) is 9.47 Å². The molecule has 0 radical (unpaired) electrons. The van der Waals surface area contributed by atoms with Crippen molar-refractivity contribution in [2.24, 2.45) is 0 Å². The third-order valence-corrected chi connectivity index (χ3v) is 2.44. The summed E-state index contributed by atoms with van der Waals surface area (Å²) in [6.07, 6.45) is 0. The lowest BCUT2D eigenvalue weighted by Crippen LogP contribution is -1.99. The monoisotopic (exact) mass is 194 g/mol. The van der Waals surface area contributed by atoms with E-state index in [1.807, 2.05) is 12.1 Å². The van der Waals surface area contributed by atoms with Gasteiger partial charge in [-0.25, -0.2) is 0 Å². The molecule has 0 aliphatic heterocycles. The maximum absolute atomic E-state index is 5.33. The number of hydrogen-bond donors (Lipinski definition) is 0. The molecule has 0 amide bonds. The van der Waals surface area contributed by atoms with Crippen molar-refractivity contribution in [3.05, 3.63) is 23.3 Å². The second-order valence-electron chi connectivity index (χ2n) is 3.66. The van der Waals surface area contributed by atoms with Crippen molar-refractivity contribution in [3.63, 3.8) is 0 Å². The van der Waals surface area contributed by atoms with Gasteiger partial charge in [0.15, 0.2) is 0 Å². The normalized spacial score (nSPS) is 10.4. The summed E-state index contributed by atoms with van der Waals surface area (Å²) in [5.74, 6) is 2.31. The van der Waals surface area contributed by atoms with Crippen LogP contribution in [0.4, 0.5) is 0 Å². The molecule has 1 rings (SSSR count). The van der Waals surface area contributed by atoms with Crippen LogP contribution in [0.25, 0.3) is 0 Å². The quantitative estimate of drug-likeness (QED) is 0.736. The van der Waals surface area contributed by atoms with Gasteiger partial charge < -0.3 is 9.47 Å². The van der Waals surface area contributed by atoms with Crippen molar-refractivity contribution >= 4 is 0 Å². The van der Waals surface area contributed by atoms with Crippen LogP contribution in [-0.2, 0) is 0 Å². The van der Waals surface area contributed by atoms with Crippen molar-refractivity contribution in [2.45, 2.75) is 26.7 Å². The van der Waals surface area contributed by atoms with Gasteiger partial charge in [-0.15, -0.1) is 0 Å². The van der Waals surface area contributed by atoms with E-state index >= 15 is 0 Å². The van der Waals surface area contributed by atoms with E-state index in [1.54, 1.807) is 14.2 Å². The SMILES string of the molecule is COc1ccc(OC)c(C(C)C)c1C. The molecule has 0 bridgehead atoms. The van der Waals surface area contributed by atoms with Gasteiger partial charge in [0.2, 0.25) is 0 Å². The topological polar surface area (TPSA) is 18.5 Å². The highest BCUT2D eigenvalue weighted by Crippen LogP contribution is 2.34. The van der Waals surface area contributed by atoms with Crippen molar-refractivity contribution in [1.29, 1.82) is 0 Å². The van der Waals surface area contributed by atoms with Gasteiger partial charge in [0.1, 0.15) is 11.5 Å². The van der Waals surface area contributed by atoms with Gasteiger partial charge >= 0.3 is 0 Å². The summed E-state index contributed by atoms with van der Waals surface area (Å²) < 4.78 is 10.6. The molecule has 1 aromatic rings. The zero-order valence-electron chi connectivity index (χ0n) is 9.55. The Kier molecular flexibility index (Phi) is 3.39. The van der Waals surface area contributed by atoms with Gasteiger partial charge in [0, 0.05) is 5.56 Å². The molecular formula is C12H18O2. The van der Waals surface area contributed by atoms with Gasteiger partial charge in [-0.2, -0.15) is 0 Å². The van der Waals surface area contributed by atoms with Crippen LogP contribution >= 0.6 is 0 Å². The first-order valence-electron chi connectivity index (χ1n) is 4.83. The van der Waals surface area contributed by atoms with Crippen molar-refractivity contribution in [2.75, 3.05) is 14.2 Å². The first kappa shape index (κ1) is 10.9. The maximum atomic E-state index is 5.33. The van der Waals surface area contributed by atoms with E-state index in [2.05, 4.69) is 20.8 Å². The van der Waals surface area contributed by atoms with Crippen LogP contribution in [0.2, 0.25) is 0 Å². The van der Waals surface area contributed by atoms with E-state index < -0.39 is 0 Å². The van der Waals surface area contributed by atoms with Crippen LogP contribution in [0.15, 0.2) is 12.1 Å². The Morgan fingerprint density at radius 3 is 1.93 bits per heavy atom. The van der Waals surface area contributed by atoms with Crippen LogP contribution < -0.4 is 9.47 Å². The minimum Gasteiger partial charge on any atom is -0.496 e. The van der Waals surface area contributed by atoms with Gasteiger partial charge in [-0.05, 0) is 30.5 Å². The summed E-state index contributed by atoms with van der Waals surface area (Å²) in [5.41, 5.74) is 2.40. The minimum absolute atomic E-state index is 0.444. The molecule has 14 heavy (non-hydrogen) atoms. The van der Waals surface area contributed by atoms with Gasteiger partial charge in [-0.3, -0.25) is 0 Å². The molecule has 0 aliphatic carbocycles. The molecule has 0 N–H and O–H groups in total. The smallest absolute Gasteiger partial charge is 0.122 e. The summed E-state index contributed by atoms with van der Waals surface area (Å²) in [4.78, 5) is 0. The second-order valence-corrected chi connectivity index (χ2v) is 3.66. The lowest BCUT2D eigenvalue weighted by molar-refractivity contribution is 0.394. The van der Waals surface area contributed by atoms with Crippen molar-refractivity contribution in [3.8, 4) is 11.5 Å². The summed E-state index contributed by atoms with van der Waals surface area (Å²) in [5, 5.41) is 0.